The normalized spacial score (nSPS) is 19.4. The first-order chi connectivity index (χ1) is 11.1. The molecule has 120 valence electrons. The van der Waals surface area contributed by atoms with Gasteiger partial charge in [-0.15, -0.1) is 0 Å². The molecule has 2 aromatic rings. The van der Waals surface area contributed by atoms with Gasteiger partial charge in [0, 0.05) is 18.0 Å². The predicted octanol–water partition coefficient (Wildman–Crippen LogP) is 5.05. The summed E-state index contributed by atoms with van der Waals surface area (Å²) < 4.78 is 13.3. The van der Waals surface area contributed by atoms with Crippen LogP contribution in [0.25, 0.3) is 0 Å². The average molecular weight is 311 g/mol. The number of anilines is 1. The van der Waals surface area contributed by atoms with Crippen molar-refractivity contribution in [2.75, 3.05) is 5.32 Å². The zero-order chi connectivity index (χ0) is 16.2. The van der Waals surface area contributed by atoms with Gasteiger partial charge in [-0.3, -0.25) is 4.79 Å². The summed E-state index contributed by atoms with van der Waals surface area (Å²) >= 11 is 0. The molecular weight excluding hydrogens is 289 g/mol. The molecule has 1 aliphatic carbocycles. The smallest absolute Gasteiger partial charge is 0.138 e. The molecule has 0 spiro atoms. The van der Waals surface area contributed by atoms with E-state index in [0.29, 0.717) is 12.2 Å². The van der Waals surface area contributed by atoms with Crippen LogP contribution in [-0.4, -0.2) is 5.78 Å². The van der Waals surface area contributed by atoms with Gasteiger partial charge in [-0.25, -0.2) is 4.39 Å². The molecule has 3 heteroatoms. The molecule has 1 saturated carbocycles. The second kappa shape index (κ2) is 6.95. The van der Waals surface area contributed by atoms with Crippen LogP contribution < -0.4 is 5.32 Å². The highest BCUT2D eigenvalue weighted by Gasteiger charge is 2.31. The summed E-state index contributed by atoms with van der Waals surface area (Å²) in [5.74, 6) is 0.0125. The van der Waals surface area contributed by atoms with Gasteiger partial charge >= 0.3 is 0 Å². The van der Waals surface area contributed by atoms with E-state index in [-0.39, 0.29) is 17.8 Å². The Balaban J connectivity index is 1.90. The highest BCUT2D eigenvalue weighted by molar-refractivity contribution is 5.83. The van der Waals surface area contributed by atoms with Gasteiger partial charge < -0.3 is 5.32 Å². The van der Waals surface area contributed by atoms with E-state index in [2.05, 4.69) is 5.32 Å². The summed E-state index contributed by atoms with van der Waals surface area (Å²) in [7, 11) is 0. The molecule has 0 aliphatic heterocycles. The predicted molar refractivity (Wildman–Crippen MR) is 90.9 cm³/mol. The van der Waals surface area contributed by atoms with Gasteiger partial charge in [0.15, 0.2) is 0 Å². The van der Waals surface area contributed by atoms with Gasteiger partial charge in [-0.1, -0.05) is 36.2 Å². The first kappa shape index (κ1) is 15.7. The standard InChI is InChI=1S/C20H22FNO/c1-14-6-12-17(13-7-14)22-20(15-8-10-16(21)11-9-15)18-4-2-3-5-19(18)23/h6-13,18,20,22H,2-5H2,1H3/t18-,20-/m0/s1. The molecule has 1 fully saturated rings. The number of ketones is 1. The van der Waals surface area contributed by atoms with E-state index in [9.17, 15) is 9.18 Å². The van der Waals surface area contributed by atoms with Crippen LogP contribution in [0.3, 0.4) is 0 Å². The van der Waals surface area contributed by atoms with Gasteiger partial charge in [0.1, 0.15) is 11.6 Å². The molecule has 3 rings (SSSR count). The summed E-state index contributed by atoms with van der Waals surface area (Å²) in [6.45, 7) is 2.05. The van der Waals surface area contributed by atoms with Crippen molar-refractivity contribution in [1.82, 2.24) is 0 Å². The number of hydrogen-bond acceptors (Lipinski definition) is 2. The third kappa shape index (κ3) is 3.79. The minimum absolute atomic E-state index is 0.0458. The lowest BCUT2D eigenvalue weighted by Gasteiger charge is -2.31. The number of carbonyl (C=O) groups is 1. The van der Waals surface area contributed by atoms with E-state index in [1.54, 1.807) is 12.1 Å². The SMILES string of the molecule is Cc1ccc(N[C@@H](c2ccc(F)cc2)[C@H]2CCCCC2=O)cc1. The monoisotopic (exact) mass is 311 g/mol. The van der Waals surface area contributed by atoms with Gasteiger partial charge in [0.25, 0.3) is 0 Å². The van der Waals surface area contributed by atoms with Crippen LogP contribution in [0.1, 0.15) is 42.9 Å². The van der Waals surface area contributed by atoms with Crippen LogP contribution in [0.5, 0.6) is 0 Å². The molecule has 1 N–H and O–H groups in total. The second-order valence-corrected chi connectivity index (χ2v) is 6.36. The lowest BCUT2D eigenvalue weighted by Crippen LogP contribution is -2.30. The van der Waals surface area contributed by atoms with E-state index in [1.807, 2.05) is 31.2 Å². The maximum atomic E-state index is 13.3. The fourth-order valence-corrected chi connectivity index (χ4v) is 3.28. The molecule has 0 heterocycles. The fourth-order valence-electron chi connectivity index (χ4n) is 3.28. The molecule has 0 unspecified atom stereocenters. The van der Waals surface area contributed by atoms with Crippen molar-refractivity contribution in [2.45, 2.75) is 38.6 Å². The van der Waals surface area contributed by atoms with Crippen molar-refractivity contribution in [1.29, 1.82) is 0 Å². The minimum atomic E-state index is -0.252. The highest BCUT2D eigenvalue weighted by Crippen LogP contribution is 2.35. The Bertz CT molecular complexity index is 663. The molecule has 0 saturated heterocycles. The molecule has 0 aromatic heterocycles. The minimum Gasteiger partial charge on any atom is -0.378 e. The molecule has 0 bridgehead atoms. The molecule has 2 atom stereocenters. The van der Waals surface area contributed by atoms with Crippen LogP contribution in [0, 0.1) is 18.7 Å². The maximum absolute atomic E-state index is 13.3. The first-order valence-corrected chi connectivity index (χ1v) is 8.25. The third-order valence-electron chi connectivity index (χ3n) is 4.61. The number of benzene rings is 2. The van der Waals surface area contributed by atoms with E-state index in [0.717, 1.165) is 30.5 Å². The molecule has 0 amide bonds. The number of rotatable bonds is 4. The molecular formula is C20H22FNO. The summed E-state index contributed by atoms with van der Waals surface area (Å²) in [4.78, 5) is 12.4. The van der Waals surface area contributed by atoms with Crippen LogP contribution in [-0.2, 0) is 4.79 Å². The largest absolute Gasteiger partial charge is 0.378 e. The Labute approximate surface area is 136 Å². The maximum Gasteiger partial charge on any atom is 0.138 e. The topological polar surface area (TPSA) is 29.1 Å². The molecule has 2 nitrogen and oxygen atoms in total. The number of halogens is 1. The summed E-state index contributed by atoms with van der Waals surface area (Å²) in [5, 5.41) is 3.50. The van der Waals surface area contributed by atoms with E-state index in [1.165, 1.54) is 17.7 Å². The van der Waals surface area contributed by atoms with Crippen molar-refractivity contribution >= 4 is 11.5 Å². The van der Waals surface area contributed by atoms with E-state index in [4.69, 9.17) is 0 Å². The average Bonchev–Trinajstić information content (AvgIpc) is 2.56. The highest BCUT2D eigenvalue weighted by atomic mass is 19.1. The fraction of sp³-hybridized carbons (Fsp3) is 0.350. The Morgan fingerprint density at radius 2 is 1.74 bits per heavy atom. The van der Waals surface area contributed by atoms with E-state index < -0.39 is 0 Å². The van der Waals surface area contributed by atoms with Crippen LogP contribution >= 0.6 is 0 Å². The molecule has 0 radical (unpaired) electrons. The lowest BCUT2D eigenvalue weighted by atomic mass is 9.80. The summed E-state index contributed by atoms with van der Waals surface area (Å²) in [6.07, 6.45) is 3.59. The van der Waals surface area contributed by atoms with Crippen molar-refractivity contribution in [3.8, 4) is 0 Å². The van der Waals surface area contributed by atoms with Crippen molar-refractivity contribution < 1.29 is 9.18 Å². The first-order valence-electron chi connectivity index (χ1n) is 8.25. The zero-order valence-corrected chi connectivity index (χ0v) is 13.4. The quantitative estimate of drug-likeness (QED) is 0.856. The number of nitrogens with one attached hydrogen (secondary N) is 1. The van der Waals surface area contributed by atoms with Crippen LogP contribution in [0.4, 0.5) is 10.1 Å². The summed E-state index contributed by atoms with van der Waals surface area (Å²) in [6, 6.07) is 14.5. The van der Waals surface area contributed by atoms with Gasteiger partial charge in [0.05, 0.1) is 6.04 Å². The van der Waals surface area contributed by atoms with Crippen molar-refractivity contribution in [3.63, 3.8) is 0 Å². The van der Waals surface area contributed by atoms with Crippen LogP contribution in [0.2, 0.25) is 0 Å². The number of carbonyl (C=O) groups excluding carboxylic acids is 1. The van der Waals surface area contributed by atoms with Crippen molar-refractivity contribution in [3.05, 3.63) is 65.5 Å². The summed E-state index contributed by atoms with van der Waals surface area (Å²) in [5.41, 5.74) is 3.15. The zero-order valence-electron chi connectivity index (χ0n) is 13.4. The van der Waals surface area contributed by atoms with Gasteiger partial charge in [-0.05, 0) is 49.6 Å². The Hall–Kier alpha value is -2.16. The second-order valence-electron chi connectivity index (χ2n) is 6.36. The number of Topliss-reactive ketones (excluding diaryl/α,β-unsaturated/α-hetero) is 1. The lowest BCUT2D eigenvalue weighted by molar-refractivity contribution is -0.125. The Morgan fingerprint density at radius 1 is 1.04 bits per heavy atom. The molecule has 2 aromatic carbocycles. The Morgan fingerprint density at radius 3 is 2.39 bits per heavy atom. The Kier molecular flexibility index (Phi) is 4.75. The van der Waals surface area contributed by atoms with E-state index >= 15 is 0 Å². The molecule has 1 aliphatic rings. The molecule has 23 heavy (non-hydrogen) atoms. The van der Waals surface area contributed by atoms with Crippen molar-refractivity contribution in [2.24, 2.45) is 5.92 Å². The number of hydrogen-bond donors (Lipinski definition) is 1. The van der Waals surface area contributed by atoms with Gasteiger partial charge in [-0.2, -0.15) is 0 Å². The van der Waals surface area contributed by atoms with Crippen LogP contribution in [0.15, 0.2) is 48.5 Å². The third-order valence-corrected chi connectivity index (χ3v) is 4.61. The van der Waals surface area contributed by atoms with Gasteiger partial charge in [0.2, 0.25) is 0 Å². The number of aryl methyl sites for hydroxylation is 1.